The molecule has 2 heterocycles. The minimum atomic E-state index is -0.304. The molecule has 0 unspecified atom stereocenters. The molecule has 0 atom stereocenters. The maximum Gasteiger partial charge on any atom is 0.287 e. The van der Waals surface area contributed by atoms with Crippen LogP contribution in [0.4, 0.5) is 0 Å². The summed E-state index contributed by atoms with van der Waals surface area (Å²) in [6.45, 7) is 4.85. The number of rotatable bonds is 6. The lowest BCUT2D eigenvalue weighted by atomic mass is 9.53. The Morgan fingerprint density at radius 3 is 2.45 bits per heavy atom. The molecule has 0 radical (unpaired) electrons. The number of carbonyl (C=O) groups excluding carboxylic acids is 1. The van der Waals surface area contributed by atoms with E-state index < -0.39 is 0 Å². The molecule has 0 spiro atoms. The van der Waals surface area contributed by atoms with Crippen LogP contribution in [0.15, 0.2) is 17.1 Å². The fourth-order valence-electron chi connectivity index (χ4n) is 6.67. The van der Waals surface area contributed by atoms with E-state index >= 15 is 0 Å². The van der Waals surface area contributed by atoms with Gasteiger partial charge in [0.2, 0.25) is 0 Å². The van der Waals surface area contributed by atoms with Crippen LogP contribution in [0, 0.1) is 24.7 Å². The minimum Gasteiger partial charge on any atom is -0.346 e. The molecule has 4 bridgehead atoms. The number of nitrogens with one attached hydrogen (secondary N) is 1. The third-order valence-corrected chi connectivity index (χ3v) is 7.48. The van der Waals surface area contributed by atoms with Crippen molar-refractivity contribution in [2.45, 2.75) is 83.7 Å². The van der Waals surface area contributed by atoms with E-state index in [4.69, 9.17) is 0 Å². The maximum atomic E-state index is 13.3. The third kappa shape index (κ3) is 3.30. The summed E-state index contributed by atoms with van der Waals surface area (Å²) in [5, 5.41) is 7.73. The van der Waals surface area contributed by atoms with Crippen molar-refractivity contribution in [2.75, 3.05) is 0 Å². The van der Waals surface area contributed by atoms with E-state index in [-0.39, 0.29) is 22.6 Å². The maximum absolute atomic E-state index is 13.3. The first kappa shape index (κ1) is 18.9. The molecule has 6 nitrogen and oxygen atoms in total. The average molecular weight is 397 g/mol. The molecule has 1 N–H and O–H groups in total. The molecule has 29 heavy (non-hydrogen) atoms. The fraction of sp³-hybridized carbons (Fsp3) is 0.696. The van der Waals surface area contributed by atoms with Gasteiger partial charge in [-0.25, -0.2) is 0 Å². The molecule has 6 heteroatoms. The van der Waals surface area contributed by atoms with E-state index in [1.165, 1.54) is 23.8 Å². The number of hydrogen-bond donors (Lipinski definition) is 1. The second-order valence-electron chi connectivity index (χ2n) is 9.96. The zero-order valence-corrected chi connectivity index (χ0v) is 17.6. The lowest BCUT2D eigenvalue weighted by Gasteiger charge is -2.56. The first-order valence-corrected chi connectivity index (χ1v) is 11.4. The number of nitrogens with zero attached hydrogens (tertiary/aromatic N) is 3. The monoisotopic (exact) mass is 396 g/mol. The Kier molecular flexibility index (Phi) is 4.56. The highest BCUT2D eigenvalue weighted by Gasteiger charge is 2.51. The zero-order valence-electron chi connectivity index (χ0n) is 17.6. The van der Waals surface area contributed by atoms with Crippen LogP contribution in [0.1, 0.15) is 80.8 Å². The third-order valence-electron chi connectivity index (χ3n) is 7.48. The molecule has 156 valence electrons. The van der Waals surface area contributed by atoms with Crippen LogP contribution in [-0.4, -0.2) is 25.6 Å². The zero-order chi connectivity index (χ0) is 20.2. The lowest BCUT2D eigenvalue weighted by molar-refractivity contribution is -0.0167. The number of fused-ring (bicyclic) bond motifs is 1. The Hall–Kier alpha value is -2.11. The molecular formula is C23H32N4O2. The first-order chi connectivity index (χ1) is 14.0. The van der Waals surface area contributed by atoms with E-state index in [2.05, 4.69) is 17.3 Å². The Balaban J connectivity index is 1.47. The van der Waals surface area contributed by atoms with Gasteiger partial charge in [0.15, 0.2) is 0 Å². The van der Waals surface area contributed by atoms with Gasteiger partial charge in [0.1, 0.15) is 11.2 Å². The normalized spacial score (nSPS) is 30.2. The van der Waals surface area contributed by atoms with E-state index in [1.54, 1.807) is 6.20 Å². The first-order valence-electron chi connectivity index (χ1n) is 11.4. The van der Waals surface area contributed by atoms with Crippen molar-refractivity contribution in [3.8, 4) is 0 Å². The van der Waals surface area contributed by atoms with Gasteiger partial charge in [0.05, 0.1) is 5.69 Å². The molecule has 4 aliphatic carbocycles. The molecule has 4 aliphatic rings. The quantitative estimate of drug-likeness (QED) is 0.757. The Bertz CT molecular complexity index is 967. The number of aryl methyl sites for hydroxylation is 2. The van der Waals surface area contributed by atoms with Crippen molar-refractivity contribution in [3.63, 3.8) is 0 Å². The highest BCUT2D eigenvalue weighted by molar-refractivity contribution is 5.94. The highest BCUT2D eigenvalue weighted by atomic mass is 16.2. The number of carbonyl (C=O) groups is 1. The van der Waals surface area contributed by atoms with E-state index in [0.717, 1.165) is 74.2 Å². The number of hydrogen-bond acceptors (Lipinski definition) is 3. The predicted molar refractivity (Wildman–Crippen MR) is 112 cm³/mol. The molecule has 4 saturated carbocycles. The van der Waals surface area contributed by atoms with Gasteiger partial charge < -0.3 is 9.88 Å². The Morgan fingerprint density at radius 2 is 1.83 bits per heavy atom. The van der Waals surface area contributed by atoms with Crippen LogP contribution in [0.25, 0.3) is 5.65 Å². The van der Waals surface area contributed by atoms with Crippen LogP contribution < -0.4 is 10.9 Å². The van der Waals surface area contributed by atoms with Crippen molar-refractivity contribution < 1.29 is 4.79 Å². The summed E-state index contributed by atoms with van der Waals surface area (Å²) in [6.07, 6.45) is 12.3. The van der Waals surface area contributed by atoms with Crippen LogP contribution in [0.2, 0.25) is 0 Å². The second kappa shape index (κ2) is 6.99. The van der Waals surface area contributed by atoms with Gasteiger partial charge in [-0.05, 0) is 69.6 Å². The van der Waals surface area contributed by atoms with Crippen molar-refractivity contribution in [1.82, 2.24) is 19.5 Å². The molecule has 2 aromatic rings. The minimum absolute atomic E-state index is 0.0969. The van der Waals surface area contributed by atoms with Crippen molar-refractivity contribution in [2.24, 2.45) is 17.8 Å². The molecule has 2 aromatic heterocycles. The summed E-state index contributed by atoms with van der Waals surface area (Å²) in [4.78, 5) is 26.4. The second-order valence-corrected chi connectivity index (χ2v) is 9.96. The summed E-state index contributed by atoms with van der Waals surface area (Å²) in [6, 6.07) is 1.92. The van der Waals surface area contributed by atoms with Gasteiger partial charge in [0.25, 0.3) is 11.5 Å². The summed E-state index contributed by atoms with van der Waals surface area (Å²) < 4.78 is 3.45. The van der Waals surface area contributed by atoms with Crippen LogP contribution in [0.3, 0.4) is 0 Å². The topological polar surface area (TPSA) is 68.4 Å². The van der Waals surface area contributed by atoms with Crippen LogP contribution in [0.5, 0.6) is 0 Å². The predicted octanol–water partition coefficient (Wildman–Crippen LogP) is 3.69. The molecule has 4 fully saturated rings. The number of aromatic nitrogens is 3. The lowest BCUT2D eigenvalue weighted by Crippen LogP contribution is -2.60. The van der Waals surface area contributed by atoms with E-state index in [1.807, 2.05) is 17.6 Å². The van der Waals surface area contributed by atoms with Crippen LogP contribution in [-0.2, 0) is 6.54 Å². The van der Waals surface area contributed by atoms with E-state index in [0.29, 0.717) is 0 Å². The summed E-state index contributed by atoms with van der Waals surface area (Å²) >= 11 is 0. The molecule has 0 aliphatic heterocycles. The van der Waals surface area contributed by atoms with Crippen molar-refractivity contribution >= 4 is 11.6 Å². The van der Waals surface area contributed by atoms with Crippen molar-refractivity contribution in [1.29, 1.82) is 0 Å². The Labute approximate surface area is 171 Å². The van der Waals surface area contributed by atoms with Gasteiger partial charge in [-0.3, -0.25) is 9.59 Å². The molecule has 6 rings (SSSR count). The standard InChI is InChI=1S/C23H32N4O2/c1-3-4-5-6-26-14-19(22(29)27-20(26)7-15(2)25-27)21(28)24-23-11-16-8-17(12-23)10-18(9-16)13-23/h7,14,16-18H,3-6,8-13H2,1-2H3,(H,24,28). The highest BCUT2D eigenvalue weighted by Crippen LogP contribution is 2.55. The fourth-order valence-corrected chi connectivity index (χ4v) is 6.67. The van der Waals surface area contributed by atoms with Gasteiger partial charge in [-0.15, -0.1) is 0 Å². The average Bonchev–Trinajstić information content (AvgIpc) is 3.04. The van der Waals surface area contributed by atoms with Gasteiger partial charge >= 0.3 is 0 Å². The number of amides is 1. The summed E-state index contributed by atoms with van der Waals surface area (Å²) in [7, 11) is 0. The van der Waals surface area contributed by atoms with Gasteiger partial charge in [-0.2, -0.15) is 9.61 Å². The SMILES string of the molecule is CCCCCn1cc(C(=O)NC23CC4CC(CC(C4)C2)C3)c(=O)n2nc(C)cc12. The molecule has 1 amide bonds. The van der Waals surface area contributed by atoms with E-state index in [9.17, 15) is 9.59 Å². The molecule has 0 aromatic carbocycles. The van der Waals surface area contributed by atoms with Crippen molar-refractivity contribution in [3.05, 3.63) is 33.9 Å². The summed E-state index contributed by atoms with van der Waals surface area (Å²) in [5.41, 5.74) is 1.40. The number of unbranched alkanes of at least 4 members (excludes halogenated alkanes) is 2. The summed E-state index contributed by atoms with van der Waals surface area (Å²) in [5.74, 6) is 2.05. The molecular weight excluding hydrogens is 364 g/mol. The Morgan fingerprint density at radius 1 is 1.17 bits per heavy atom. The smallest absolute Gasteiger partial charge is 0.287 e. The van der Waals surface area contributed by atoms with Gasteiger partial charge in [-0.1, -0.05) is 19.8 Å². The largest absolute Gasteiger partial charge is 0.346 e. The van der Waals surface area contributed by atoms with Gasteiger partial charge in [0, 0.05) is 24.3 Å². The molecule has 0 saturated heterocycles. The van der Waals surface area contributed by atoms with Crippen LogP contribution >= 0.6 is 0 Å².